The highest BCUT2D eigenvalue weighted by Crippen LogP contribution is 2.27. The van der Waals surface area contributed by atoms with Crippen molar-refractivity contribution in [3.63, 3.8) is 0 Å². The first-order valence-electron chi connectivity index (χ1n) is 8.04. The molecule has 4 N–H and O–H groups in total. The lowest BCUT2D eigenvalue weighted by atomic mass is 9.93. The van der Waals surface area contributed by atoms with Gasteiger partial charge in [-0.1, -0.05) is 12.7 Å². The van der Waals surface area contributed by atoms with Crippen LogP contribution in [0.5, 0.6) is 0 Å². The zero-order valence-electron chi connectivity index (χ0n) is 13.8. The summed E-state index contributed by atoms with van der Waals surface area (Å²) in [6.45, 7) is 5.06. The first-order chi connectivity index (χ1) is 11.9. The number of hydrogen-bond acceptors (Lipinski definition) is 7. The Morgan fingerprint density at radius 2 is 2.04 bits per heavy atom. The Balaban J connectivity index is 1.90. The molecule has 0 bridgehead atoms. The summed E-state index contributed by atoms with van der Waals surface area (Å²) in [7, 11) is 0. The summed E-state index contributed by atoms with van der Waals surface area (Å²) in [5.74, 6) is 0. The fraction of sp³-hybridized carbons (Fsp3) is 0.389. The normalized spacial score (nSPS) is 29.5. The fourth-order valence-corrected chi connectivity index (χ4v) is 3.14. The third kappa shape index (κ3) is 3.32. The van der Waals surface area contributed by atoms with Crippen LogP contribution in [0.4, 0.5) is 5.69 Å². The van der Waals surface area contributed by atoms with Crippen molar-refractivity contribution in [2.45, 2.75) is 37.4 Å². The quantitative estimate of drug-likeness (QED) is 0.603. The van der Waals surface area contributed by atoms with Gasteiger partial charge in [-0.3, -0.25) is 0 Å². The first kappa shape index (κ1) is 17.6. The molecule has 0 aliphatic carbocycles. The van der Waals surface area contributed by atoms with Crippen molar-refractivity contribution >= 4 is 22.7 Å². The van der Waals surface area contributed by atoms with Gasteiger partial charge in [0.05, 0.1) is 18.8 Å². The standard InChI is InChI=1S/C18H21NO6/c1-3-10-6-15(21)25-13-7-11(4-5-12(10)13)19-16-9(2)24-14(8-20)17(22)18(16)23/h3-7,9,14,16-20,22-23H,1,8H2,2H3. The number of anilines is 1. The van der Waals surface area contributed by atoms with Crippen molar-refractivity contribution in [1.29, 1.82) is 0 Å². The van der Waals surface area contributed by atoms with E-state index in [0.717, 1.165) is 5.39 Å². The van der Waals surface area contributed by atoms with Crippen LogP contribution in [0.3, 0.4) is 0 Å². The van der Waals surface area contributed by atoms with E-state index in [0.29, 0.717) is 16.8 Å². The van der Waals surface area contributed by atoms with Gasteiger partial charge >= 0.3 is 5.63 Å². The molecule has 2 heterocycles. The maximum Gasteiger partial charge on any atom is 0.336 e. The molecule has 0 radical (unpaired) electrons. The van der Waals surface area contributed by atoms with Gasteiger partial charge in [-0.05, 0) is 24.6 Å². The number of aliphatic hydroxyl groups excluding tert-OH is 3. The van der Waals surface area contributed by atoms with Crippen LogP contribution in [0.2, 0.25) is 0 Å². The van der Waals surface area contributed by atoms with Gasteiger partial charge in [0, 0.05) is 23.2 Å². The topological polar surface area (TPSA) is 112 Å². The van der Waals surface area contributed by atoms with Crippen LogP contribution in [-0.2, 0) is 4.74 Å². The second-order valence-corrected chi connectivity index (χ2v) is 6.15. The van der Waals surface area contributed by atoms with Crippen molar-refractivity contribution in [2.75, 3.05) is 11.9 Å². The minimum atomic E-state index is -1.20. The van der Waals surface area contributed by atoms with E-state index in [9.17, 15) is 20.1 Å². The molecule has 1 saturated heterocycles. The lowest BCUT2D eigenvalue weighted by Crippen LogP contribution is -2.60. The van der Waals surface area contributed by atoms with Crippen LogP contribution >= 0.6 is 0 Å². The number of benzene rings is 1. The first-order valence-corrected chi connectivity index (χ1v) is 8.04. The number of aliphatic hydroxyl groups is 3. The van der Waals surface area contributed by atoms with Crippen molar-refractivity contribution in [2.24, 2.45) is 0 Å². The molecule has 7 nitrogen and oxygen atoms in total. The molecule has 5 unspecified atom stereocenters. The molecule has 1 aliphatic heterocycles. The van der Waals surface area contributed by atoms with E-state index in [1.165, 1.54) is 6.07 Å². The molecule has 2 aromatic rings. The molecule has 0 spiro atoms. The average molecular weight is 347 g/mol. The van der Waals surface area contributed by atoms with Gasteiger partial charge in [0.2, 0.25) is 0 Å². The molecule has 25 heavy (non-hydrogen) atoms. The third-order valence-electron chi connectivity index (χ3n) is 4.50. The molecule has 1 aliphatic rings. The predicted octanol–water partition coefficient (Wildman–Crippen LogP) is 0.718. The summed E-state index contributed by atoms with van der Waals surface area (Å²) in [4.78, 5) is 11.6. The zero-order valence-corrected chi connectivity index (χ0v) is 13.8. The summed E-state index contributed by atoms with van der Waals surface area (Å²) in [5, 5.41) is 33.4. The fourth-order valence-electron chi connectivity index (χ4n) is 3.14. The van der Waals surface area contributed by atoms with Gasteiger partial charge in [-0.25, -0.2) is 4.79 Å². The van der Waals surface area contributed by atoms with Crippen molar-refractivity contribution < 1.29 is 24.5 Å². The minimum Gasteiger partial charge on any atom is -0.423 e. The zero-order chi connectivity index (χ0) is 18.1. The van der Waals surface area contributed by atoms with Gasteiger partial charge in [0.1, 0.15) is 23.9 Å². The predicted molar refractivity (Wildman–Crippen MR) is 93.4 cm³/mol. The number of fused-ring (bicyclic) bond motifs is 1. The largest absolute Gasteiger partial charge is 0.423 e. The Bertz CT molecular complexity index is 832. The monoisotopic (exact) mass is 347 g/mol. The van der Waals surface area contributed by atoms with Crippen LogP contribution in [-0.4, -0.2) is 52.4 Å². The summed E-state index contributed by atoms with van der Waals surface area (Å²) < 4.78 is 10.8. The van der Waals surface area contributed by atoms with Gasteiger partial charge in [-0.15, -0.1) is 0 Å². The van der Waals surface area contributed by atoms with E-state index in [1.54, 1.807) is 31.2 Å². The number of hydrogen-bond donors (Lipinski definition) is 4. The molecule has 5 atom stereocenters. The number of ether oxygens (including phenoxy) is 1. The lowest BCUT2D eigenvalue weighted by molar-refractivity contribution is -0.180. The highest BCUT2D eigenvalue weighted by atomic mass is 16.5. The van der Waals surface area contributed by atoms with Crippen LogP contribution in [0.1, 0.15) is 12.5 Å². The molecule has 0 saturated carbocycles. The Morgan fingerprint density at radius 3 is 2.72 bits per heavy atom. The SMILES string of the molecule is C=Cc1cc(=O)oc2cc(NC3C(C)OC(CO)C(O)C3O)ccc12. The highest BCUT2D eigenvalue weighted by molar-refractivity contribution is 5.88. The Kier molecular flexibility index (Phi) is 4.91. The maximum atomic E-state index is 11.6. The van der Waals surface area contributed by atoms with Crippen LogP contribution < -0.4 is 10.9 Å². The van der Waals surface area contributed by atoms with E-state index < -0.39 is 36.1 Å². The molecule has 7 heteroatoms. The van der Waals surface area contributed by atoms with Gasteiger partial charge in [0.15, 0.2) is 0 Å². The summed E-state index contributed by atoms with van der Waals surface area (Å²) in [6.07, 6.45) is -2.02. The summed E-state index contributed by atoms with van der Waals surface area (Å²) in [6, 6.07) is 5.98. The van der Waals surface area contributed by atoms with Gasteiger partial charge in [-0.2, -0.15) is 0 Å². The smallest absolute Gasteiger partial charge is 0.336 e. The minimum absolute atomic E-state index is 0.374. The van der Waals surface area contributed by atoms with Crippen molar-refractivity contribution in [3.05, 3.63) is 46.8 Å². The van der Waals surface area contributed by atoms with Crippen molar-refractivity contribution in [3.8, 4) is 0 Å². The maximum absolute atomic E-state index is 11.6. The number of nitrogens with one attached hydrogen (secondary N) is 1. The molecule has 3 rings (SSSR count). The third-order valence-corrected chi connectivity index (χ3v) is 4.50. The highest BCUT2D eigenvalue weighted by Gasteiger charge is 2.42. The molecule has 134 valence electrons. The Morgan fingerprint density at radius 1 is 1.28 bits per heavy atom. The van der Waals surface area contributed by atoms with Gasteiger partial charge < -0.3 is 29.8 Å². The summed E-state index contributed by atoms with van der Waals surface area (Å²) >= 11 is 0. The lowest BCUT2D eigenvalue weighted by Gasteiger charge is -2.41. The van der Waals surface area contributed by atoms with Crippen LogP contribution in [0.15, 0.2) is 40.1 Å². The number of rotatable bonds is 4. The van der Waals surface area contributed by atoms with E-state index in [4.69, 9.17) is 9.15 Å². The van der Waals surface area contributed by atoms with Crippen LogP contribution in [0, 0.1) is 0 Å². The molecule has 1 aromatic carbocycles. The second-order valence-electron chi connectivity index (χ2n) is 6.15. The van der Waals surface area contributed by atoms with E-state index >= 15 is 0 Å². The molecule has 0 amide bonds. The van der Waals surface area contributed by atoms with Crippen molar-refractivity contribution in [1.82, 2.24) is 0 Å². The Hall–Kier alpha value is -2.19. The summed E-state index contributed by atoms with van der Waals surface area (Å²) in [5.41, 5.74) is 1.19. The van der Waals surface area contributed by atoms with E-state index in [-0.39, 0.29) is 6.61 Å². The molecular formula is C18H21NO6. The Labute approximate surface area is 144 Å². The second kappa shape index (κ2) is 6.97. The molecule has 1 fully saturated rings. The molecule has 1 aromatic heterocycles. The average Bonchev–Trinajstić information content (AvgIpc) is 2.60. The molecular weight excluding hydrogens is 326 g/mol. The van der Waals surface area contributed by atoms with Crippen LogP contribution in [0.25, 0.3) is 17.0 Å². The van der Waals surface area contributed by atoms with E-state index in [1.807, 2.05) is 0 Å². The van der Waals surface area contributed by atoms with Gasteiger partial charge in [0.25, 0.3) is 0 Å². The van der Waals surface area contributed by atoms with E-state index in [2.05, 4.69) is 11.9 Å².